The van der Waals surface area contributed by atoms with Gasteiger partial charge in [-0.15, -0.1) is 0 Å². The fourth-order valence-electron chi connectivity index (χ4n) is 2.60. The highest BCUT2D eigenvalue weighted by molar-refractivity contribution is 5.84. The van der Waals surface area contributed by atoms with Crippen LogP contribution in [0.15, 0.2) is 12.1 Å². The first kappa shape index (κ1) is 15.8. The molecule has 6 heteroatoms. The van der Waals surface area contributed by atoms with Gasteiger partial charge < -0.3 is 10.4 Å². The Morgan fingerprint density at radius 3 is 2.29 bits per heavy atom. The zero-order chi connectivity index (χ0) is 15.5. The Labute approximate surface area is 121 Å². The van der Waals surface area contributed by atoms with Crippen molar-refractivity contribution in [2.24, 2.45) is 0 Å². The van der Waals surface area contributed by atoms with E-state index in [1.54, 1.807) is 0 Å². The van der Waals surface area contributed by atoms with Crippen molar-refractivity contribution in [3.05, 3.63) is 35.1 Å². The van der Waals surface area contributed by atoms with Crippen molar-refractivity contribution >= 4 is 5.91 Å². The average molecular weight is 301 g/mol. The van der Waals surface area contributed by atoms with Gasteiger partial charge in [0.2, 0.25) is 0 Å². The molecule has 1 aliphatic carbocycles. The van der Waals surface area contributed by atoms with E-state index in [0.717, 1.165) is 31.4 Å². The smallest absolute Gasteiger partial charge is 0.251 e. The van der Waals surface area contributed by atoms with Crippen LogP contribution in [0.3, 0.4) is 0 Å². The van der Waals surface area contributed by atoms with Gasteiger partial charge in [0.05, 0.1) is 0 Å². The summed E-state index contributed by atoms with van der Waals surface area (Å²) in [5, 5.41) is 12.7. The van der Waals surface area contributed by atoms with Crippen LogP contribution in [-0.4, -0.2) is 23.2 Å². The second-order valence-corrected chi connectivity index (χ2v) is 5.47. The number of carbonyl (C=O) groups excluding carboxylic acids is 1. The van der Waals surface area contributed by atoms with Crippen molar-refractivity contribution in [3.63, 3.8) is 0 Å². The van der Waals surface area contributed by atoms with Gasteiger partial charge in [0.25, 0.3) is 5.91 Å². The second kappa shape index (κ2) is 6.47. The number of benzene rings is 1. The zero-order valence-corrected chi connectivity index (χ0v) is 11.6. The number of halogens is 3. The van der Waals surface area contributed by atoms with Crippen LogP contribution in [0.5, 0.6) is 0 Å². The number of nitrogens with one attached hydrogen (secondary N) is 1. The Kier molecular flexibility index (Phi) is 4.88. The third-order valence-corrected chi connectivity index (χ3v) is 3.85. The predicted octanol–water partition coefficient (Wildman–Crippen LogP) is 2.46. The van der Waals surface area contributed by atoms with Gasteiger partial charge in [0.1, 0.15) is 5.60 Å². The largest absolute Gasteiger partial charge is 0.380 e. The van der Waals surface area contributed by atoms with E-state index in [1.807, 2.05) is 0 Å². The first-order chi connectivity index (χ1) is 9.92. The lowest BCUT2D eigenvalue weighted by Crippen LogP contribution is -2.48. The lowest BCUT2D eigenvalue weighted by atomic mass is 9.84. The normalized spacial score (nSPS) is 17.5. The molecule has 0 aliphatic heterocycles. The molecule has 1 saturated carbocycles. The van der Waals surface area contributed by atoms with E-state index in [0.29, 0.717) is 12.8 Å². The molecule has 116 valence electrons. The van der Waals surface area contributed by atoms with Gasteiger partial charge in [-0.2, -0.15) is 0 Å². The van der Waals surface area contributed by atoms with Gasteiger partial charge >= 0.3 is 0 Å². The highest BCUT2D eigenvalue weighted by Crippen LogP contribution is 2.28. The zero-order valence-electron chi connectivity index (χ0n) is 11.6. The third kappa shape index (κ3) is 3.75. The molecule has 2 N–H and O–H groups in total. The maximum Gasteiger partial charge on any atom is 0.251 e. The van der Waals surface area contributed by atoms with Gasteiger partial charge in [-0.05, 0) is 37.0 Å². The molecule has 21 heavy (non-hydrogen) atoms. The maximum atomic E-state index is 13.0. The van der Waals surface area contributed by atoms with Crippen molar-refractivity contribution in [1.82, 2.24) is 5.32 Å². The molecular formula is C15H18F3NO2. The Balaban J connectivity index is 1.88. The molecular weight excluding hydrogens is 283 g/mol. The molecule has 0 unspecified atom stereocenters. The first-order valence-electron chi connectivity index (χ1n) is 7.06. The molecule has 0 aromatic heterocycles. The third-order valence-electron chi connectivity index (χ3n) is 3.85. The molecule has 1 aliphatic rings. The van der Waals surface area contributed by atoms with Crippen molar-refractivity contribution in [2.75, 3.05) is 6.54 Å². The molecule has 0 radical (unpaired) electrons. The van der Waals surface area contributed by atoms with Crippen molar-refractivity contribution < 1.29 is 23.1 Å². The molecule has 1 amide bonds. The summed E-state index contributed by atoms with van der Waals surface area (Å²) in [6, 6.07) is 1.81. The summed E-state index contributed by atoms with van der Waals surface area (Å²) in [7, 11) is 0. The minimum atomic E-state index is -1.50. The van der Waals surface area contributed by atoms with E-state index >= 15 is 0 Å². The summed E-state index contributed by atoms with van der Waals surface area (Å²) in [5.74, 6) is -4.45. The Hall–Kier alpha value is -1.56. The fraction of sp³-hybridized carbons (Fsp3) is 0.533. The number of carbonyl (C=O) groups is 1. The van der Waals surface area contributed by atoms with Crippen LogP contribution >= 0.6 is 0 Å². The van der Waals surface area contributed by atoms with E-state index in [4.69, 9.17) is 0 Å². The van der Waals surface area contributed by atoms with E-state index < -0.39 is 29.0 Å². The van der Waals surface area contributed by atoms with Crippen molar-refractivity contribution in [2.45, 2.75) is 44.1 Å². The van der Waals surface area contributed by atoms with Gasteiger partial charge in [-0.1, -0.05) is 19.3 Å². The summed E-state index contributed by atoms with van der Waals surface area (Å²) >= 11 is 0. The van der Waals surface area contributed by atoms with Crippen LogP contribution < -0.4 is 5.32 Å². The molecule has 0 spiro atoms. The molecule has 1 aromatic carbocycles. The minimum absolute atomic E-state index is 0.131. The van der Waals surface area contributed by atoms with Gasteiger partial charge in [0.15, 0.2) is 17.5 Å². The number of aliphatic hydroxyl groups is 1. The van der Waals surface area contributed by atoms with E-state index in [2.05, 4.69) is 5.32 Å². The molecule has 3 nitrogen and oxygen atoms in total. The Morgan fingerprint density at radius 2 is 1.71 bits per heavy atom. The van der Waals surface area contributed by atoms with E-state index in [9.17, 15) is 23.1 Å². The highest BCUT2D eigenvalue weighted by Gasteiger charge is 2.36. The molecule has 2 rings (SSSR count). The maximum absolute atomic E-state index is 13.0. The SMILES string of the molecule is O=C(NCCc1cc(F)c(F)c(F)c1)C1(O)CCCCC1. The quantitative estimate of drug-likeness (QED) is 0.839. The number of hydrogen-bond donors (Lipinski definition) is 2. The van der Waals surface area contributed by atoms with Crippen molar-refractivity contribution in [3.8, 4) is 0 Å². The van der Waals surface area contributed by atoms with Gasteiger partial charge in [-0.25, -0.2) is 13.2 Å². The molecule has 0 bridgehead atoms. The van der Waals surface area contributed by atoms with Crippen LogP contribution in [0.1, 0.15) is 37.7 Å². The predicted molar refractivity (Wildman–Crippen MR) is 71.1 cm³/mol. The highest BCUT2D eigenvalue weighted by atomic mass is 19.2. The Bertz CT molecular complexity index is 505. The number of rotatable bonds is 4. The average Bonchev–Trinajstić information content (AvgIpc) is 2.45. The summed E-state index contributed by atoms with van der Waals surface area (Å²) in [4.78, 5) is 11.9. The van der Waals surface area contributed by atoms with Gasteiger partial charge in [0, 0.05) is 6.54 Å². The lowest BCUT2D eigenvalue weighted by Gasteiger charge is -2.30. The molecule has 0 saturated heterocycles. The van der Waals surface area contributed by atoms with Crippen LogP contribution in [0.2, 0.25) is 0 Å². The summed E-state index contributed by atoms with van der Waals surface area (Å²) < 4.78 is 38.9. The van der Waals surface area contributed by atoms with Crippen LogP contribution in [0.25, 0.3) is 0 Å². The fourth-order valence-corrected chi connectivity index (χ4v) is 2.60. The Morgan fingerprint density at radius 1 is 1.14 bits per heavy atom. The monoisotopic (exact) mass is 301 g/mol. The number of amides is 1. The summed E-state index contributed by atoms with van der Waals surface area (Å²) in [6.45, 7) is 0.131. The van der Waals surface area contributed by atoms with Crippen LogP contribution in [-0.2, 0) is 11.2 Å². The van der Waals surface area contributed by atoms with E-state index in [-0.39, 0.29) is 18.5 Å². The lowest BCUT2D eigenvalue weighted by molar-refractivity contribution is -0.142. The van der Waals surface area contributed by atoms with Crippen LogP contribution in [0, 0.1) is 17.5 Å². The van der Waals surface area contributed by atoms with Gasteiger partial charge in [-0.3, -0.25) is 4.79 Å². The summed E-state index contributed by atoms with van der Waals surface area (Å²) in [6.07, 6.45) is 3.63. The topological polar surface area (TPSA) is 49.3 Å². The summed E-state index contributed by atoms with van der Waals surface area (Å²) in [5.41, 5.74) is -1.08. The van der Waals surface area contributed by atoms with E-state index in [1.165, 1.54) is 0 Å². The van der Waals surface area contributed by atoms with Crippen LogP contribution in [0.4, 0.5) is 13.2 Å². The molecule has 1 fully saturated rings. The first-order valence-corrected chi connectivity index (χ1v) is 7.06. The minimum Gasteiger partial charge on any atom is -0.380 e. The molecule has 1 aromatic rings. The molecule has 0 heterocycles. The standard InChI is InChI=1S/C15H18F3NO2/c16-11-8-10(9-12(17)13(11)18)4-7-19-14(20)15(21)5-2-1-3-6-15/h8-9,21H,1-7H2,(H,19,20). The molecule has 0 atom stereocenters. The second-order valence-electron chi connectivity index (χ2n) is 5.47. The number of hydrogen-bond acceptors (Lipinski definition) is 2. The van der Waals surface area contributed by atoms with Crippen molar-refractivity contribution in [1.29, 1.82) is 0 Å².